The molecule has 1 N–H and O–H groups in total. The molecule has 0 radical (unpaired) electrons. The molecule has 2 aliphatic rings. The van der Waals surface area contributed by atoms with Gasteiger partial charge in [-0.15, -0.1) is 11.3 Å². The molecule has 0 spiro atoms. The van der Waals surface area contributed by atoms with Crippen molar-refractivity contribution in [2.24, 2.45) is 0 Å². The predicted molar refractivity (Wildman–Crippen MR) is 94.3 cm³/mol. The number of rotatable bonds is 4. The van der Waals surface area contributed by atoms with Crippen LogP contribution in [0.4, 0.5) is 0 Å². The van der Waals surface area contributed by atoms with E-state index in [0.717, 1.165) is 43.3 Å². The van der Waals surface area contributed by atoms with Gasteiger partial charge in [-0.1, -0.05) is 19.3 Å². The standard InChI is InChI=1S/C18H28N2O2S/c1-14-12-16(15(2)23-14)17(21)19-13-18(6-4-3-5-7-18)20-8-10-22-11-9-20/h12H,3-11,13H2,1-2H3,(H,19,21). The quantitative estimate of drug-likeness (QED) is 0.918. The maximum Gasteiger partial charge on any atom is 0.252 e. The molecular formula is C18H28N2O2S. The minimum Gasteiger partial charge on any atom is -0.379 e. The summed E-state index contributed by atoms with van der Waals surface area (Å²) < 4.78 is 5.52. The van der Waals surface area contributed by atoms with Gasteiger partial charge in [0, 0.05) is 34.9 Å². The molecule has 0 bridgehead atoms. The maximum absolute atomic E-state index is 12.6. The number of thiophene rings is 1. The van der Waals surface area contributed by atoms with E-state index in [1.165, 1.54) is 37.0 Å². The predicted octanol–water partition coefficient (Wildman–Crippen LogP) is 3.13. The third-order valence-corrected chi connectivity index (χ3v) is 6.30. The zero-order valence-corrected chi connectivity index (χ0v) is 15.1. The fourth-order valence-corrected chi connectivity index (χ4v) is 4.97. The largest absolute Gasteiger partial charge is 0.379 e. The first kappa shape index (κ1) is 16.9. The number of carbonyl (C=O) groups is 1. The van der Waals surface area contributed by atoms with Crippen LogP contribution in [-0.2, 0) is 4.74 Å². The van der Waals surface area contributed by atoms with Crippen LogP contribution in [0.1, 0.15) is 52.2 Å². The summed E-state index contributed by atoms with van der Waals surface area (Å²) in [5, 5.41) is 3.25. The summed E-state index contributed by atoms with van der Waals surface area (Å²) in [7, 11) is 0. The van der Waals surface area contributed by atoms with Crippen LogP contribution in [0.5, 0.6) is 0 Å². The van der Waals surface area contributed by atoms with Crippen LogP contribution < -0.4 is 5.32 Å². The van der Waals surface area contributed by atoms with Gasteiger partial charge in [-0.05, 0) is 32.8 Å². The van der Waals surface area contributed by atoms with E-state index in [2.05, 4.69) is 17.1 Å². The molecule has 1 aromatic heterocycles. The first-order chi connectivity index (χ1) is 11.1. The van der Waals surface area contributed by atoms with Crippen LogP contribution in [0.15, 0.2) is 6.07 Å². The van der Waals surface area contributed by atoms with Crippen molar-refractivity contribution in [3.8, 4) is 0 Å². The lowest BCUT2D eigenvalue weighted by atomic mass is 9.79. The highest BCUT2D eigenvalue weighted by Crippen LogP contribution is 2.34. The number of morpholine rings is 1. The second kappa shape index (κ2) is 7.32. The number of amides is 1. The van der Waals surface area contributed by atoms with E-state index < -0.39 is 0 Å². The van der Waals surface area contributed by atoms with Gasteiger partial charge in [0.25, 0.3) is 5.91 Å². The van der Waals surface area contributed by atoms with E-state index in [0.29, 0.717) is 0 Å². The van der Waals surface area contributed by atoms with Crippen molar-refractivity contribution in [2.45, 2.75) is 51.5 Å². The molecule has 23 heavy (non-hydrogen) atoms. The van der Waals surface area contributed by atoms with Crippen LogP contribution >= 0.6 is 11.3 Å². The molecule has 2 fully saturated rings. The first-order valence-electron chi connectivity index (χ1n) is 8.79. The van der Waals surface area contributed by atoms with Gasteiger partial charge in [-0.3, -0.25) is 9.69 Å². The topological polar surface area (TPSA) is 41.6 Å². The van der Waals surface area contributed by atoms with E-state index >= 15 is 0 Å². The normalized spacial score (nSPS) is 22.0. The van der Waals surface area contributed by atoms with Crippen LogP contribution in [0.3, 0.4) is 0 Å². The molecule has 1 aromatic rings. The molecule has 0 unspecified atom stereocenters. The van der Waals surface area contributed by atoms with E-state index in [1.807, 2.05) is 13.0 Å². The number of hydrogen-bond donors (Lipinski definition) is 1. The Morgan fingerprint density at radius 1 is 1.26 bits per heavy atom. The minimum absolute atomic E-state index is 0.0880. The Hall–Kier alpha value is -0.910. The molecule has 2 heterocycles. The Morgan fingerprint density at radius 3 is 2.57 bits per heavy atom. The molecule has 128 valence electrons. The van der Waals surface area contributed by atoms with Crippen molar-refractivity contribution in [1.82, 2.24) is 10.2 Å². The summed E-state index contributed by atoms with van der Waals surface area (Å²) >= 11 is 1.70. The highest BCUT2D eigenvalue weighted by Gasteiger charge is 2.38. The summed E-state index contributed by atoms with van der Waals surface area (Å²) in [6.07, 6.45) is 6.24. The lowest BCUT2D eigenvalue weighted by Gasteiger charge is -2.48. The SMILES string of the molecule is Cc1cc(C(=O)NCC2(N3CCOCC3)CCCCC2)c(C)s1. The van der Waals surface area contributed by atoms with E-state index in [4.69, 9.17) is 4.74 Å². The monoisotopic (exact) mass is 336 g/mol. The first-order valence-corrected chi connectivity index (χ1v) is 9.60. The molecule has 1 aliphatic heterocycles. The van der Waals surface area contributed by atoms with E-state index in [9.17, 15) is 4.79 Å². The van der Waals surface area contributed by atoms with Gasteiger partial charge in [0.1, 0.15) is 0 Å². The molecular weight excluding hydrogens is 308 g/mol. The molecule has 5 heteroatoms. The van der Waals surface area contributed by atoms with E-state index in [1.54, 1.807) is 11.3 Å². The number of hydrogen-bond acceptors (Lipinski definition) is 4. The third kappa shape index (κ3) is 3.78. The summed E-state index contributed by atoms with van der Waals surface area (Å²) in [6, 6.07) is 2.01. The third-order valence-electron chi connectivity index (χ3n) is 5.33. The van der Waals surface area contributed by atoms with Gasteiger partial charge >= 0.3 is 0 Å². The molecule has 1 saturated carbocycles. The number of carbonyl (C=O) groups excluding carboxylic acids is 1. The highest BCUT2D eigenvalue weighted by atomic mass is 32.1. The second-order valence-electron chi connectivity index (χ2n) is 6.89. The van der Waals surface area contributed by atoms with Gasteiger partial charge in [0.05, 0.1) is 18.8 Å². The number of aryl methyl sites for hydroxylation is 2. The van der Waals surface area contributed by atoms with E-state index in [-0.39, 0.29) is 11.4 Å². The Labute approximate surface area is 143 Å². The molecule has 0 aromatic carbocycles. The summed E-state index contributed by atoms with van der Waals surface area (Å²) in [6.45, 7) is 8.48. The Balaban J connectivity index is 1.68. The maximum atomic E-state index is 12.6. The smallest absolute Gasteiger partial charge is 0.252 e. The number of nitrogens with zero attached hydrogens (tertiary/aromatic N) is 1. The van der Waals surface area contributed by atoms with Crippen molar-refractivity contribution in [1.29, 1.82) is 0 Å². The van der Waals surface area contributed by atoms with Crippen LogP contribution in [0.25, 0.3) is 0 Å². The molecule has 1 saturated heterocycles. The Bertz CT molecular complexity index is 543. The minimum atomic E-state index is 0.0880. The number of nitrogens with one attached hydrogen (secondary N) is 1. The molecule has 4 nitrogen and oxygen atoms in total. The molecule has 0 atom stereocenters. The fraction of sp³-hybridized carbons (Fsp3) is 0.722. The van der Waals surface area contributed by atoms with Gasteiger partial charge in [0.2, 0.25) is 0 Å². The van der Waals surface area contributed by atoms with Gasteiger partial charge < -0.3 is 10.1 Å². The van der Waals surface area contributed by atoms with Crippen molar-refractivity contribution in [3.05, 3.63) is 21.4 Å². The van der Waals surface area contributed by atoms with Gasteiger partial charge in [-0.2, -0.15) is 0 Å². The van der Waals surface area contributed by atoms with Crippen LogP contribution in [-0.4, -0.2) is 49.2 Å². The molecule has 1 aliphatic carbocycles. The lowest BCUT2D eigenvalue weighted by Crippen LogP contribution is -2.59. The highest BCUT2D eigenvalue weighted by molar-refractivity contribution is 7.12. The second-order valence-corrected chi connectivity index (χ2v) is 8.35. The fourth-order valence-electron chi connectivity index (χ4n) is 4.05. The van der Waals surface area contributed by atoms with Crippen molar-refractivity contribution >= 4 is 17.2 Å². The van der Waals surface area contributed by atoms with Crippen LogP contribution in [0.2, 0.25) is 0 Å². The molecule has 1 amide bonds. The van der Waals surface area contributed by atoms with Crippen molar-refractivity contribution in [2.75, 3.05) is 32.8 Å². The summed E-state index contributed by atoms with van der Waals surface area (Å²) in [4.78, 5) is 17.5. The number of ether oxygens (including phenoxy) is 1. The zero-order valence-electron chi connectivity index (χ0n) is 14.3. The average molecular weight is 337 g/mol. The zero-order chi connectivity index (χ0) is 16.3. The Morgan fingerprint density at radius 2 is 1.96 bits per heavy atom. The summed E-state index contributed by atoms with van der Waals surface area (Å²) in [5.74, 6) is 0.0880. The average Bonchev–Trinajstić information content (AvgIpc) is 2.93. The van der Waals surface area contributed by atoms with Crippen molar-refractivity contribution in [3.63, 3.8) is 0 Å². The molecule has 3 rings (SSSR count). The van der Waals surface area contributed by atoms with Crippen molar-refractivity contribution < 1.29 is 9.53 Å². The summed E-state index contributed by atoms with van der Waals surface area (Å²) in [5.41, 5.74) is 0.983. The van der Waals surface area contributed by atoms with Gasteiger partial charge in [-0.25, -0.2) is 0 Å². The van der Waals surface area contributed by atoms with Gasteiger partial charge in [0.15, 0.2) is 0 Å². The Kier molecular flexibility index (Phi) is 5.39. The lowest BCUT2D eigenvalue weighted by molar-refractivity contribution is -0.0361. The van der Waals surface area contributed by atoms with Crippen LogP contribution in [0, 0.1) is 13.8 Å².